The molecule has 0 amide bonds. The number of halogens is 2. The number of anilines is 1. The van der Waals surface area contributed by atoms with Gasteiger partial charge in [0.05, 0.1) is 20.8 Å². The van der Waals surface area contributed by atoms with Gasteiger partial charge in [0.15, 0.2) is 11.6 Å². The fourth-order valence-electron chi connectivity index (χ4n) is 2.50. The van der Waals surface area contributed by atoms with Gasteiger partial charge in [-0.1, -0.05) is 0 Å². The number of ether oxygens (including phenoxy) is 2. The maximum absolute atomic E-state index is 14.3. The first-order valence-corrected chi connectivity index (χ1v) is 10.2. The molecule has 8 nitrogen and oxygen atoms in total. The molecule has 0 aliphatic heterocycles. The molecular weight excluding hydrogens is 428 g/mol. The van der Waals surface area contributed by atoms with Crippen LogP contribution in [0.4, 0.5) is 13.9 Å². The Morgan fingerprint density at radius 3 is 2.52 bits per heavy atom. The number of benzene rings is 2. The van der Waals surface area contributed by atoms with Gasteiger partial charge in [0.25, 0.3) is 10.0 Å². The first-order chi connectivity index (χ1) is 13.8. The van der Waals surface area contributed by atoms with Gasteiger partial charge in [0.1, 0.15) is 28.5 Å². The van der Waals surface area contributed by atoms with Crippen LogP contribution in [0.1, 0.15) is 5.56 Å². The van der Waals surface area contributed by atoms with Gasteiger partial charge in [-0.15, -0.1) is 0 Å². The first-order valence-electron chi connectivity index (χ1n) is 7.96. The topological polar surface area (TPSA) is 102 Å². The third kappa shape index (κ3) is 4.07. The van der Waals surface area contributed by atoms with Gasteiger partial charge in [-0.2, -0.15) is 4.37 Å². The van der Waals surface area contributed by atoms with Crippen molar-refractivity contribution in [2.24, 2.45) is 0 Å². The van der Waals surface area contributed by atoms with Crippen LogP contribution >= 0.6 is 11.5 Å². The first kappa shape index (κ1) is 20.7. The number of sulfonamides is 1. The number of methoxy groups -OCH3 is 2. The van der Waals surface area contributed by atoms with Crippen LogP contribution in [0.3, 0.4) is 0 Å². The molecule has 0 spiro atoms. The lowest BCUT2D eigenvalue weighted by molar-refractivity contribution is 0.391. The van der Waals surface area contributed by atoms with Crippen LogP contribution < -0.4 is 13.8 Å². The van der Waals surface area contributed by atoms with E-state index in [2.05, 4.69) is 9.36 Å². The minimum Gasteiger partial charge on any atom is -0.505 e. The maximum Gasteiger partial charge on any atom is 0.269 e. The number of phenols is 1. The van der Waals surface area contributed by atoms with Crippen molar-refractivity contribution in [1.29, 1.82) is 0 Å². The van der Waals surface area contributed by atoms with Crippen LogP contribution in [0, 0.1) is 11.6 Å². The molecule has 1 aromatic heterocycles. The normalized spacial score (nSPS) is 11.3. The van der Waals surface area contributed by atoms with Gasteiger partial charge in [0.2, 0.25) is 5.13 Å². The predicted molar refractivity (Wildman–Crippen MR) is 101 cm³/mol. The Hall–Kier alpha value is -2.99. The Labute approximate surface area is 169 Å². The number of hydrogen-bond donors (Lipinski definition) is 1. The number of aromatic nitrogens is 2. The second-order valence-corrected chi connectivity index (χ2v) is 8.24. The summed E-state index contributed by atoms with van der Waals surface area (Å²) in [7, 11) is -1.74. The molecule has 3 aromatic rings. The Bertz CT molecular complexity index is 1120. The average molecular weight is 443 g/mol. The predicted octanol–water partition coefficient (Wildman–Crippen LogP) is 2.93. The average Bonchev–Trinajstić information content (AvgIpc) is 3.22. The van der Waals surface area contributed by atoms with Gasteiger partial charge >= 0.3 is 0 Å². The standard InChI is InChI=1S/C17H15F2N3O5S2/c1-26-11-4-3-10(15(5-11)27-2)8-22(17-20-9-21-28-17)29(24,25)16-7-12(18)14(23)6-13(16)19/h3-7,9,23H,8H2,1-2H3. The quantitative estimate of drug-likeness (QED) is 0.599. The molecule has 0 bridgehead atoms. The summed E-state index contributed by atoms with van der Waals surface area (Å²) in [5, 5.41) is 9.23. The Morgan fingerprint density at radius 1 is 1.14 bits per heavy atom. The number of phenolic OH excluding ortho intramolecular Hbond substituents is 1. The molecule has 1 heterocycles. The summed E-state index contributed by atoms with van der Waals surface area (Å²) < 4.78 is 69.3. The van der Waals surface area contributed by atoms with E-state index in [1.54, 1.807) is 18.2 Å². The van der Waals surface area contributed by atoms with Crippen LogP contribution in [0.2, 0.25) is 0 Å². The van der Waals surface area contributed by atoms with Crippen LogP contribution in [0.25, 0.3) is 0 Å². The third-order valence-corrected chi connectivity index (χ3v) is 6.50. The summed E-state index contributed by atoms with van der Waals surface area (Å²) in [5.74, 6) is -2.76. The van der Waals surface area contributed by atoms with Crippen molar-refractivity contribution in [3.8, 4) is 17.2 Å². The molecule has 0 atom stereocenters. The second-order valence-electron chi connectivity index (χ2n) is 5.65. The van der Waals surface area contributed by atoms with E-state index in [-0.39, 0.29) is 11.7 Å². The lowest BCUT2D eigenvalue weighted by atomic mass is 10.2. The zero-order chi connectivity index (χ0) is 21.2. The summed E-state index contributed by atoms with van der Waals surface area (Å²) >= 11 is 0.761. The van der Waals surface area contributed by atoms with Crippen LogP contribution in [-0.2, 0) is 16.6 Å². The number of rotatable bonds is 7. The zero-order valence-electron chi connectivity index (χ0n) is 15.2. The SMILES string of the molecule is COc1ccc(CN(c2ncns2)S(=O)(=O)c2cc(F)c(O)cc2F)c(OC)c1. The highest BCUT2D eigenvalue weighted by Gasteiger charge is 2.32. The lowest BCUT2D eigenvalue weighted by Gasteiger charge is -2.23. The van der Waals surface area contributed by atoms with Crippen molar-refractivity contribution in [2.45, 2.75) is 11.4 Å². The van der Waals surface area contributed by atoms with Gasteiger partial charge in [-0.05, 0) is 12.1 Å². The summed E-state index contributed by atoms with van der Waals surface area (Å²) in [6.45, 7) is -0.299. The van der Waals surface area contributed by atoms with Gasteiger partial charge in [-0.25, -0.2) is 26.5 Å². The molecule has 3 rings (SSSR count). The van der Waals surface area contributed by atoms with Crippen molar-refractivity contribution < 1.29 is 31.8 Å². The number of nitrogens with zero attached hydrogens (tertiary/aromatic N) is 3. The smallest absolute Gasteiger partial charge is 0.269 e. The highest BCUT2D eigenvalue weighted by molar-refractivity contribution is 7.93. The van der Waals surface area contributed by atoms with E-state index < -0.39 is 32.3 Å². The molecular formula is C17H15F2N3O5S2. The zero-order valence-corrected chi connectivity index (χ0v) is 16.8. The van der Waals surface area contributed by atoms with Crippen molar-refractivity contribution in [1.82, 2.24) is 9.36 Å². The Kier molecular flexibility index (Phi) is 5.84. The highest BCUT2D eigenvalue weighted by atomic mass is 32.2. The minimum absolute atomic E-state index is 0.0595. The molecule has 0 unspecified atom stereocenters. The van der Waals surface area contributed by atoms with Crippen molar-refractivity contribution >= 4 is 26.7 Å². The second kappa shape index (κ2) is 8.17. The summed E-state index contributed by atoms with van der Waals surface area (Å²) in [4.78, 5) is 2.94. The largest absolute Gasteiger partial charge is 0.505 e. The molecule has 12 heteroatoms. The molecule has 154 valence electrons. The molecule has 0 radical (unpaired) electrons. The fourth-order valence-corrected chi connectivity index (χ4v) is 4.69. The third-order valence-electron chi connectivity index (χ3n) is 3.94. The monoisotopic (exact) mass is 443 g/mol. The molecule has 0 aliphatic carbocycles. The van der Waals surface area contributed by atoms with E-state index in [1.807, 2.05) is 0 Å². The van der Waals surface area contributed by atoms with Crippen LogP contribution in [0.5, 0.6) is 17.2 Å². The lowest BCUT2D eigenvalue weighted by Crippen LogP contribution is -2.31. The van der Waals surface area contributed by atoms with Gasteiger partial charge in [0, 0.05) is 35.3 Å². The number of aromatic hydroxyl groups is 1. The number of hydrogen-bond acceptors (Lipinski definition) is 8. The Balaban J connectivity index is 2.11. The van der Waals surface area contributed by atoms with Crippen LogP contribution in [0.15, 0.2) is 41.6 Å². The van der Waals surface area contributed by atoms with Gasteiger partial charge in [-0.3, -0.25) is 0 Å². The molecule has 1 N–H and O–H groups in total. The van der Waals surface area contributed by atoms with Crippen molar-refractivity contribution in [3.05, 3.63) is 53.9 Å². The maximum atomic E-state index is 14.3. The molecule has 29 heavy (non-hydrogen) atoms. The molecule has 0 saturated heterocycles. The summed E-state index contributed by atoms with van der Waals surface area (Å²) in [6, 6.07) is 5.55. The van der Waals surface area contributed by atoms with Crippen molar-refractivity contribution in [2.75, 3.05) is 18.5 Å². The van der Waals surface area contributed by atoms with Crippen molar-refractivity contribution in [3.63, 3.8) is 0 Å². The van der Waals surface area contributed by atoms with E-state index in [9.17, 15) is 22.3 Å². The summed E-state index contributed by atoms with van der Waals surface area (Å²) in [5.41, 5.74) is 0.423. The van der Waals surface area contributed by atoms with E-state index in [4.69, 9.17) is 9.47 Å². The minimum atomic E-state index is -4.60. The van der Waals surface area contributed by atoms with E-state index in [0.29, 0.717) is 29.2 Å². The van der Waals surface area contributed by atoms with Gasteiger partial charge < -0.3 is 14.6 Å². The summed E-state index contributed by atoms with van der Waals surface area (Å²) in [6.07, 6.45) is 1.14. The van der Waals surface area contributed by atoms with Crippen LogP contribution in [-0.4, -0.2) is 37.1 Å². The molecule has 0 aliphatic rings. The van der Waals surface area contributed by atoms with E-state index in [0.717, 1.165) is 22.2 Å². The fraction of sp³-hybridized carbons (Fsp3) is 0.176. The molecule has 2 aromatic carbocycles. The Morgan fingerprint density at radius 2 is 1.90 bits per heavy atom. The highest BCUT2D eigenvalue weighted by Crippen LogP contribution is 2.33. The molecule has 0 saturated carbocycles. The van der Waals surface area contributed by atoms with E-state index in [1.165, 1.54) is 14.2 Å². The van der Waals surface area contributed by atoms with E-state index >= 15 is 0 Å². The molecule has 0 fully saturated rings.